The average Bonchev–Trinajstić information content (AvgIpc) is 2.57. The van der Waals surface area contributed by atoms with Gasteiger partial charge in [-0.05, 0) is 71.2 Å². The number of carbonyl (C=O) groups excluding carboxylic acids is 2. The third-order valence-electron chi connectivity index (χ3n) is 3.60. The zero-order valence-corrected chi connectivity index (χ0v) is 15.4. The Balaban J connectivity index is 2.01. The predicted octanol–water partition coefficient (Wildman–Crippen LogP) is 4.54. The normalized spacial score (nSPS) is 10.3. The van der Waals surface area contributed by atoms with Crippen LogP contribution in [0, 0.1) is 6.92 Å². The van der Waals surface area contributed by atoms with Crippen molar-refractivity contribution in [2.24, 2.45) is 0 Å². The summed E-state index contributed by atoms with van der Waals surface area (Å²) in [6.45, 7) is 4.73. The number of hydrogen-bond donors (Lipinski definition) is 2. The van der Waals surface area contributed by atoms with Gasteiger partial charge in [-0.2, -0.15) is 0 Å². The molecule has 2 rings (SSSR count). The van der Waals surface area contributed by atoms with Crippen molar-refractivity contribution >= 4 is 33.4 Å². The fraction of sp³-hybridized carbons (Fsp3) is 0.263. The van der Waals surface area contributed by atoms with E-state index >= 15 is 0 Å². The summed E-state index contributed by atoms with van der Waals surface area (Å²) in [5, 5.41) is 5.71. The van der Waals surface area contributed by atoms with E-state index in [9.17, 15) is 9.59 Å². The lowest BCUT2D eigenvalue weighted by atomic mass is 10.1. The fourth-order valence-electron chi connectivity index (χ4n) is 2.17. The van der Waals surface area contributed by atoms with Crippen LogP contribution >= 0.6 is 15.9 Å². The number of nitrogens with one attached hydrogen (secondary N) is 2. The minimum Gasteiger partial charge on any atom is -0.352 e. The van der Waals surface area contributed by atoms with Crippen molar-refractivity contribution in [3.63, 3.8) is 0 Å². The first kappa shape index (κ1) is 18.2. The lowest BCUT2D eigenvalue weighted by molar-refractivity contribution is 0.0951. The molecular formula is C19H21BrN2O2. The van der Waals surface area contributed by atoms with Gasteiger partial charge in [0.15, 0.2) is 0 Å². The Hall–Kier alpha value is -2.14. The van der Waals surface area contributed by atoms with E-state index in [0.29, 0.717) is 23.4 Å². The molecule has 0 heterocycles. The van der Waals surface area contributed by atoms with Crippen molar-refractivity contribution in [2.45, 2.75) is 26.7 Å². The first-order chi connectivity index (χ1) is 11.5. The van der Waals surface area contributed by atoms with Crippen LogP contribution in [0.5, 0.6) is 0 Å². The molecule has 0 aromatic heterocycles. The highest BCUT2D eigenvalue weighted by Crippen LogP contribution is 2.24. The monoisotopic (exact) mass is 388 g/mol. The average molecular weight is 389 g/mol. The van der Waals surface area contributed by atoms with Crippen LogP contribution in [0.1, 0.15) is 46.0 Å². The number of carbonyl (C=O) groups is 2. The largest absolute Gasteiger partial charge is 0.352 e. The molecule has 24 heavy (non-hydrogen) atoms. The van der Waals surface area contributed by atoms with Gasteiger partial charge in [0.25, 0.3) is 11.8 Å². The van der Waals surface area contributed by atoms with E-state index in [1.807, 2.05) is 25.1 Å². The van der Waals surface area contributed by atoms with Gasteiger partial charge >= 0.3 is 0 Å². The number of aryl methyl sites for hydroxylation is 1. The maximum atomic E-state index is 12.3. The topological polar surface area (TPSA) is 58.2 Å². The number of amides is 2. The molecule has 0 radical (unpaired) electrons. The van der Waals surface area contributed by atoms with Crippen LogP contribution in [-0.4, -0.2) is 18.4 Å². The summed E-state index contributed by atoms with van der Waals surface area (Å²) in [5.74, 6) is -0.325. The van der Waals surface area contributed by atoms with Crippen molar-refractivity contribution < 1.29 is 9.59 Å². The molecule has 2 aromatic carbocycles. The van der Waals surface area contributed by atoms with E-state index < -0.39 is 0 Å². The zero-order valence-electron chi connectivity index (χ0n) is 13.9. The Morgan fingerprint density at radius 2 is 1.62 bits per heavy atom. The number of rotatable bonds is 6. The molecule has 2 N–H and O–H groups in total. The number of unbranched alkanes of at least 4 members (excludes halogenated alkanes) is 1. The van der Waals surface area contributed by atoms with Gasteiger partial charge in [-0.1, -0.05) is 19.4 Å². The first-order valence-electron chi connectivity index (χ1n) is 7.97. The van der Waals surface area contributed by atoms with Gasteiger partial charge in [0.05, 0.1) is 5.69 Å². The minimum atomic E-state index is -0.211. The lowest BCUT2D eigenvalue weighted by Crippen LogP contribution is -2.24. The van der Waals surface area contributed by atoms with Crippen molar-refractivity contribution in [1.82, 2.24) is 5.32 Å². The molecule has 0 unspecified atom stereocenters. The Labute approximate surface area is 150 Å². The molecule has 5 heteroatoms. The molecule has 2 amide bonds. The highest BCUT2D eigenvalue weighted by Gasteiger charge is 2.10. The van der Waals surface area contributed by atoms with Crippen LogP contribution in [0.25, 0.3) is 0 Å². The second-order valence-corrected chi connectivity index (χ2v) is 6.48. The molecule has 0 saturated heterocycles. The van der Waals surface area contributed by atoms with Crippen LogP contribution in [0.4, 0.5) is 5.69 Å². The standard InChI is InChI=1S/C19H21BrN2O2/c1-3-4-11-21-18(23)14-6-8-15(9-7-14)19(24)22-17-10-5-13(2)12-16(17)20/h5-10,12H,3-4,11H2,1-2H3,(H,21,23)(H,22,24). The van der Waals surface area contributed by atoms with Gasteiger partial charge in [-0.25, -0.2) is 0 Å². The quantitative estimate of drug-likeness (QED) is 0.713. The smallest absolute Gasteiger partial charge is 0.255 e. The Bertz CT molecular complexity index is 727. The SMILES string of the molecule is CCCCNC(=O)c1ccc(C(=O)Nc2ccc(C)cc2Br)cc1. The van der Waals surface area contributed by atoms with Gasteiger partial charge in [-0.3, -0.25) is 9.59 Å². The summed E-state index contributed by atoms with van der Waals surface area (Å²) in [7, 11) is 0. The molecule has 4 nitrogen and oxygen atoms in total. The molecule has 0 aliphatic rings. The van der Waals surface area contributed by atoms with E-state index in [4.69, 9.17) is 0 Å². The summed E-state index contributed by atoms with van der Waals surface area (Å²) in [6.07, 6.45) is 1.99. The Kier molecular flexibility index (Phi) is 6.55. The second-order valence-electron chi connectivity index (χ2n) is 5.62. The molecule has 2 aromatic rings. The van der Waals surface area contributed by atoms with E-state index in [0.717, 1.165) is 22.9 Å². The van der Waals surface area contributed by atoms with E-state index in [1.54, 1.807) is 24.3 Å². The molecule has 0 aliphatic heterocycles. The van der Waals surface area contributed by atoms with Gasteiger partial charge in [-0.15, -0.1) is 0 Å². The summed E-state index contributed by atoms with van der Waals surface area (Å²) in [4.78, 5) is 24.3. The molecule has 126 valence electrons. The molecule has 0 atom stereocenters. The summed E-state index contributed by atoms with van der Waals surface area (Å²) >= 11 is 3.44. The maximum absolute atomic E-state index is 12.3. The molecular weight excluding hydrogens is 368 g/mol. The Morgan fingerprint density at radius 3 is 2.21 bits per heavy atom. The number of hydrogen-bond acceptors (Lipinski definition) is 2. The van der Waals surface area contributed by atoms with Crippen molar-refractivity contribution in [3.8, 4) is 0 Å². The molecule has 0 spiro atoms. The fourth-order valence-corrected chi connectivity index (χ4v) is 2.76. The van der Waals surface area contributed by atoms with Gasteiger partial charge in [0.2, 0.25) is 0 Å². The van der Waals surface area contributed by atoms with E-state index in [1.165, 1.54) is 0 Å². The zero-order chi connectivity index (χ0) is 17.5. The number of halogens is 1. The second kappa shape index (κ2) is 8.64. The first-order valence-corrected chi connectivity index (χ1v) is 8.76. The van der Waals surface area contributed by atoms with Crippen molar-refractivity contribution in [1.29, 1.82) is 0 Å². The van der Waals surface area contributed by atoms with E-state index in [2.05, 4.69) is 33.5 Å². The van der Waals surface area contributed by atoms with Gasteiger partial charge in [0, 0.05) is 22.1 Å². The predicted molar refractivity (Wildman–Crippen MR) is 101 cm³/mol. The molecule has 0 aliphatic carbocycles. The Morgan fingerprint density at radius 1 is 1.00 bits per heavy atom. The van der Waals surface area contributed by atoms with Crippen LogP contribution in [0.2, 0.25) is 0 Å². The van der Waals surface area contributed by atoms with Crippen LogP contribution in [0.3, 0.4) is 0 Å². The van der Waals surface area contributed by atoms with E-state index in [-0.39, 0.29) is 11.8 Å². The number of benzene rings is 2. The van der Waals surface area contributed by atoms with Crippen molar-refractivity contribution in [3.05, 3.63) is 63.6 Å². The lowest BCUT2D eigenvalue weighted by Gasteiger charge is -2.09. The van der Waals surface area contributed by atoms with Gasteiger partial charge < -0.3 is 10.6 Å². The number of anilines is 1. The molecule has 0 fully saturated rings. The minimum absolute atomic E-state index is 0.114. The summed E-state index contributed by atoms with van der Waals surface area (Å²) < 4.78 is 0.836. The molecule has 0 saturated carbocycles. The highest BCUT2D eigenvalue weighted by atomic mass is 79.9. The highest BCUT2D eigenvalue weighted by molar-refractivity contribution is 9.10. The van der Waals surface area contributed by atoms with Crippen LogP contribution in [0.15, 0.2) is 46.9 Å². The summed E-state index contributed by atoms with van der Waals surface area (Å²) in [5.41, 5.74) is 2.89. The van der Waals surface area contributed by atoms with Gasteiger partial charge in [0.1, 0.15) is 0 Å². The third-order valence-corrected chi connectivity index (χ3v) is 4.25. The van der Waals surface area contributed by atoms with Crippen molar-refractivity contribution in [2.75, 3.05) is 11.9 Å². The summed E-state index contributed by atoms with van der Waals surface area (Å²) in [6, 6.07) is 12.4. The van der Waals surface area contributed by atoms with Crippen LogP contribution < -0.4 is 10.6 Å². The maximum Gasteiger partial charge on any atom is 0.255 e. The third kappa shape index (κ3) is 4.93. The molecule has 0 bridgehead atoms. The van der Waals surface area contributed by atoms with Crippen LogP contribution in [-0.2, 0) is 0 Å².